The predicted molar refractivity (Wildman–Crippen MR) is 92.0 cm³/mol. The van der Waals surface area contributed by atoms with Gasteiger partial charge in [0.15, 0.2) is 0 Å². The van der Waals surface area contributed by atoms with Crippen LogP contribution in [0.1, 0.15) is 62.5 Å². The molecule has 0 radical (unpaired) electrons. The van der Waals surface area contributed by atoms with E-state index in [1.165, 1.54) is 0 Å². The maximum absolute atomic E-state index is 12.4. The van der Waals surface area contributed by atoms with Gasteiger partial charge in [0.25, 0.3) is 0 Å². The van der Waals surface area contributed by atoms with Crippen molar-refractivity contribution in [3.8, 4) is 0 Å². The first-order chi connectivity index (χ1) is 11.9. The molecule has 3 rings (SSSR count). The molecule has 136 valence electrons. The standard InChI is InChI=1S/C20H27NO4/c1-11-10-18-16(19(23)9-8-17(18)20(11)24)7-5-14(22)4-6-15-12(2)21-25-13(15)3/h11,16-18H,4-10H2,1-3H3/t11-,16?,17?,18-/m1/s1. The Morgan fingerprint density at radius 1 is 1.24 bits per heavy atom. The fraction of sp³-hybridized carbons (Fsp3) is 0.700. The van der Waals surface area contributed by atoms with Gasteiger partial charge in [0.2, 0.25) is 0 Å². The number of Topliss-reactive ketones (excluding diaryl/α,β-unsaturated/α-hetero) is 3. The Hall–Kier alpha value is -1.78. The third-order valence-corrected chi connectivity index (χ3v) is 6.20. The van der Waals surface area contributed by atoms with Crippen LogP contribution < -0.4 is 0 Å². The lowest BCUT2D eigenvalue weighted by molar-refractivity contribution is -0.131. The summed E-state index contributed by atoms with van der Waals surface area (Å²) in [5, 5.41) is 3.91. The van der Waals surface area contributed by atoms with Gasteiger partial charge in [-0.3, -0.25) is 14.4 Å². The molecule has 2 aliphatic rings. The van der Waals surface area contributed by atoms with Crippen LogP contribution in [0.4, 0.5) is 0 Å². The summed E-state index contributed by atoms with van der Waals surface area (Å²) in [5.74, 6) is 1.71. The molecular formula is C20H27NO4. The van der Waals surface area contributed by atoms with Crippen LogP contribution in [-0.4, -0.2) is 22.5 Å². The Morgan fingerprint density at radius 3 is 2.68 bits per heavy atom. The predicted octanol–water partition coefficient (Wildman–Crippen LogP) is 3.39. The highest BCUT2D eigenvalue weighted by molar-refractivity contribution is 5.91. The molecule has 1 aromatic heterocycles. The van der Waals surface area contributed by atoms with Crippen molar-refractivity contribution in [2.45, 2.75) is 65.7 Å². The minimum absolute atomic E-state index is 0.0510. The van der Waals surface area contributed by atoms with Gasteiger partial charge in [0.05, 0.1) is 5.69 Å². The summed E-state index contributed by atoms with van der Waals surface area (Å²) in [7, 11) is 0. The smallest absolute Gasteiger partial charge is 0.139 e. The summed E-state index contributed by atoms with van der Waals surface area (Å²) in [6, 6.07) is 0. The Kier molecular flexibility index (Phi) is 5.21. The third kappa shape index (κ3) is 3.60. The summed E-state index contributed by atoms with van der Waals surface area (Å²) in [6.07, 6.45) is 4.13. The molecule has 0 spiro atoms. The molecule has 2 unspecified atom stereocenters. The lowest BCUT2D eigenvalue weighted by atomic mass is 9.71. The van der Waals surface area contributed by atoms with E-state index in [0.717, 1.165) is 23.4 Å². The first-order valence-corrected chi connectivity index (χ1v) is 9.38. The summed E-state index contributed by atoms with van der Waals surface area (Å²) in [6.45, 7) is 5.71. The highest BCUT2D eigenvalue weighted by Gasteiger charge is 2.48. The van der Waals surface area contributed by atoms with E-state index in [9.17, 15) is 14.4 Å². The van der Waals surface area contributed by atoms with Crippen molar-refractivity contribution in [3.05, 3.63) is 17.0 Å². The van der Waals surface area contributed by atoms with Gasteiger partial charge in [0, 0.05) is 42.6 Å². The normalized spacial score (nSPS) is 29.1. The average molecular weight is 345 g/mol. The molecule has 0 saturated heterocycles. The zero-order chi connectivity index (χ0) is 18.1. The van der Waals surface area contributed by atoms with Crippen LogP contribution in [0.25, 0.3) is 0 Å². The van der Waals surface area contributed by atoms with Gasteiger partial charge in [-0.25, -0.2) is 0 Å². The van der Waals surface area contributed by atoms with E-state index < -0.39 is 0 Å². The maximum Gasteiger partial charge on any atom is 0.139 e. The second-order valence-electron chi connectivity index (χ2n) is 7.80. The molecule has 5 nitrogen and oxygen atoms in total. The minimum Gasteiger partial charge on any atom is -0.361 e. The van der Waals surface area contributed by atoms with Gasteiger partial charge in [0.1, 0.15) is 23.1 Å². The van der Waals surface area contributed by atoms with E-state index in [4.69, 9.17) is 4.52 Å². The molecular weight excluding hydrogens is 318 g/mol. The summed E-state index contributed by atoms with van der Waals surface area (Å²) in [5.41, 5.74) is 1.85. The Morgan fingerprint density at radius 2 is 2.00 bits per heavy atom. The SMILES string of the molecule is Cc1noc(C)c1CCC(=O)CCC1C(=O)CCC2C(=O)[C@H](C)C[C@H]12. The summed E-state index contributed by atoms with van der Waals surface area (Å²) >= 11 is 0. The van der Waals surface area contributed by atoms with Crippen molar-refractivity contribution in [3.63, 3.8) is 0 Å². The lowest BCUT2D eigenvalue weighted by Crippen LogP contribution is -2.34. The fourth-order valence-corrected chi connectivity index (χ4v) is 4.73. The van der Waals surface area contributed by atoms with Gasteiger partial charge in [-0.2, -0.15) is 0 Å². The number of aryl methyl sites for hydroxylation is 2. The largest absolute Gasteiger partial charge is 0.361 e. The first kappa shape index (κ1) is 18.0. The van der Waals surface area contributed by atoms with Crippen LogP contribution in [0, 0.1) is 37.5 Å². The van der Waals surface area contributed by atoms with Crippen LogP contribution in [0.15, 0.2) is 4.52 Å². The lowest BCUT2D eigenvalue weighted by Gasteiger charge is -2.31. The summed E-state index contributed by atoms with van der Waals surface area (Å²) in [4.78, 5) is 36.9. The molecule has 25 heavy (non-hydrogen) atoms. The third-order valence-electron chi connectivity index (χ3n) is 6.20. The fourth-order valence-electron chi connectivity index (χ4n) is 4.73. The molecule has 2 saturated carbocycles. The summed E-state index contributed by atoms with van der Waals surface area (Å²) < 4.78 is 5.13. The van der Waals surface area contributed by atoms with Crippen LogP contribution in [0.2, 0.25) is 0 Å². The van der Waals surface area contributed by atoms with Gasteiger partial charge in [-0.1, -0.05) is 12.1 Å². The average Bonchev–Trinajstić information content (AvgIpc) is 3.04. The number of fused-ring (bicyclic) bond motifs is 1. The second-order valence-corrected chi connectivity index (χ2v) is 7.80. The number of nitrogens with zero attached hydrogens (tertiary/aromatic N) is 1. The molecule has 0 amide bonds. The van der Waals surface area contributed by atoms with Crippen molar-refractivity contribution in [1.29, 1.82) is 0 Å². The van der Waals surface area contributed by atoms with Crippen molar-refractivity contribution in [2.75, 3.05) is 0 Å². The number of aromatic nitrogens is 1. The zero-order valence-electron chi connectivity index (χ0n) is 15.3. The van der Waals surface area contributed by atoms with E-state index in [1.54, 1.807) is 0 Å². The highest BCUT2D eigenvalue weighted by Crippen LogP contribution is 2.46. The molecule has 4 atom stereocenters. The number of hydrogen-bond donors (Lipinski definition) is 0. The van der Waals surface area contributed by atoms with Crippen LogP contribution in [0.5, 0.6) is 0 Å². The monoisotopic (exact) mass is 345 g/mol. The van der Waals surface area contributed by atoms with Gasteiger partial charge in [-0.15, -0.1) is 0 Å². The van der Waals surface area contributed by atoms with Crippen LogP contribution in [0.3, 0.4) is 0 Å². The number of hydrogen-bond acceptors (Lipinski definition) is 5. The topological polar surface area (TPSA) is 77.2 Å². The quantitative estimate of drug-likeness (QED) is 0.790. The molecule has 0 aromatic carbocycles. The molecule has 1 aromatic rings. The van der Waals surface area contributed by atoms with E-state index in [1.807, 2.05) is 20.8 Å². The van der Waals surface area contributed by atoms with Crippen molar-refractivity contribution in [2.24, 2.45) is 23.7 Å². The Bertz CT molecular complexity index is 670. The zero-order valence-corrected chi connectivity index (χ0v) is 15.3. The van der Waals surface area contributed by atoms with E-state index in [-0.39, 0.29) is 35.2 Å². The van der Waals surface area contributed by atoms with Gasteiger partial charge in [-0.05, 0) is 45.4 Å². The van der Waals surface area contributed by atoms with E-state index in [0.29, 0.717) is 44.3 Å². The Labute approximate surface area is 148 Å². The molecule has 1 heterocycles. The number of ketones is 3. The molecule has 2 aliphatic carbocycles. The number of carbonyl (C=O) groups excluding carboxylic acids is 3. The first-order valence-electron chi connectivity index (χ1n) is 9.38. The van der Waals surface area contributed by atoms with Gasteiger partial charge >= 0.3 is 0 Å². The Balaban J connectivity index is 1.54. The van der Waals surface area contributed by atoms with E-state index in [2.05, 4.69) is 5.16 Å². The molecule has 0 aliphatic heterocycles. The molecule has 0 N–H and O–H groups in total. The molecule has 5 heteroatoms. The number of carbonyl (C=O) groups is 3. The van der Waals surface area contributed by atoms with Crippen molar-refractivity contribution < 1.29 is 18.9 Å². The van der Waals surface area contributed by atoms with E-state index >= 15 is 0 Å². The van der Waals surface area contributed by atoms with Crippen LogP contribution >= 0.6 is 0 Å². The number of rotatable bonds is 6. The van der Waals surface area contributed by atoms with Gasteiger partial charge < -0.3 is 4.52 Å². The van der Waals surface area contributed by atoms with Crippen molar-refractivity contribution >= 4 is 17.3 Å². The minimum atomic E-state index is -0.101. The molecule has 0 bridgehead atoms. The highest BCUT2D eigenvalue weighted by atomic mass is 16.5. The van der Waals surface area contributed by atoms with Crippen molar-refractivity contribution in [1.82, 2.24) is 5.16 Å². The van der Waals surface area contributed by atoms with Crippen LogP contribution in [-0.2, 0) is 20.8 Å². The second kappa shape index (κ2) is 7.22. The maximum atomic E-state index is 12.4. The molecule has 2 fully saturated rings.